The van der Waals surface area contributed by atoms with E-state index in [1.807, 2.05) is 10.6 Å². The highest BCUT2D eigenvalue weighted by Gasteiger charge is 2.35. The summed E-state index contributed by atoms with van der Waals surface area (Å²) in [6.45, 7) is 3.89. The van der Waals surface area contributed by atoms with E-state index in [2.05, 4.69) is 64.1 Å². The number of aliphatic hydroxyl groups is 1. The SMILES string of the molecule is O=c1cccc2n1C[C@H]1C[C@@H]2CN(CC(O)Cn2c3ccccc3c3ccccc32)C1. The van der Waals surface area contributed by atoms with Gasteiger partial charge in [0, 0.05) is 65.7 Å². The fourth-order valence-electron chi connectivity index (χ4n) is 5.91. The average Bonchev–Trinajstić information content (AvgIpc) is 3.08. The van der Waals surface area contributed by atoms with Crippen LogP contribution in [0.25, 0.3) is 21.8 Å². The zero-order valence-corrected chi connectivity index (χ0v) is 17.5. The second-order valence-electron chi connectivity index (χ2n) is 9.22. The van der Waals surface area contributed by atoms with Gasteiger partial charge in [-0.2, -0.15) is 0 Å². The van der Waals surface area contributed by atoms with Crippen LogP contribution in [0, 0.1) is 5.92 Å². The number of fused-ring (bicyclic) bond motifs is 7. The number of hydrogen-bond donors (Lipinski definition) is 1. The molecule has 4 aromatic rings. The van der Waals surface area contributed by atoms with Gasteiger partial charge in [-0.3, -0.25) is 9.69 Å². The number of pyridine rings is 1. The normalized spacial score (nSPS) is 22.0. The molecule has 0 saturated carbocycles. The number of piperidine rings is 1. The molecule has 6 rings (SSSR count). The molecule has 2 aliphatic heterocycles. The summed E-state index contributed by atoms with van der Waals surface area (Å²) in [4.78, 5) is 14.7. The van der Waals surface area contributed by atoms with Crippen LogP contribution < -0.4 is 5.56 Å². The fourth-order valence-corrected chi connectivity index (χ4v) is 5.91. The molecule has 31 heavy (non-hydrogen) atoms. The van der Waals surface area contributed by atoms with E-state index in [0.717, 1.165) is 31.7 Å². The molecule has 0 aliphatic carbocycles. The largest absolute Gasteiger partial charge is 0.390 e. The summed E-state index contributed by atoms with van der Waals surface area (Å²) in [6, 6.07) is 22.5. The van der Waals surface area contributed by atoms with Crippen molar-refractivity contribution in [2.75, 3.05) is 19.6 Å². The van der Waals surface area contributed by atoms with Crippen LogP contribution in [0.5, 0.6) is 0 Å². The third-order valence-corrected chi connectivity index (χ3v) is 7.10. The predicted molar refractivity (Wildman–Crippen MR) is 123 cm³/mol. The third-order valence-electron chi connectivity index (χ3n) is 7.10. The van der Waals surface area contributed by atoms with E-state index < -0.39 is 6.10 Å². The molecule has 5 heteroatoms. The molecular formula is C26H27N3O2. The van der Waals surface area contributed by atoms with Gasteiger partial charge in [-0.1, -0.05) is 42.5 Å². The van der Waals surface area contributed by atoms with Gasteiger partial charge >= 0.3 is 0 Å². The predicted octanol–water partition coefficient (Wildman–Crippen LogP) is 3.44. The number of rotatable bonds is 4. The minimum atomic E-state index is -0.448. The van der Waals surface area contributed by atoms with E-state index in [-0.39, 0.29) is 5.56 Å². The number of likely N-dealkylation sites (tertiary alicyclic amines) is 1. The first kappa shape index (κ1) is 18.8. The van der Waals surface area contributed by atoms with Crippen molar-refractivity contribution in [1.82, 2.24) is 14.0 Å². The van der Waals surface area contributed by atoms with Gasteiger partial charge in [-0.25, -0.2) is 0 Å². The Hall–Kier alpha value is -2.89. The molecule has 0 spiro atoms. The molecule has 5 nitrogen and oxygen atoms in total. The molecule has 1 saturated heterocycles. The highest BCUT2D eigenvalue weighted by Crippen LogP contribution is 2.35. The molecule has 2 aliphatic rings. The minimum Gasteiger partial charge on any atom is -0.390 e. The van der Waals surface area contributed by atoms with Crippen molar-refractivity contribution in [3.8, 4) is 0 Å². The Bertz CT molecular complexity index is 1270. The third kappa shape index (κ3) is 3.20. The van der Waals surface area contributed by atoms with E-state index in [9.17, 15) is 9.90 Å². The molecule has 1 unspecified atom stereocenters. The fraction of sp³-hybridized carbons (Fsp3) is 0.346. The highest BCUT2D eigenvalue weighted by atomic mass is 16.3. The van der Waals surface area contributed by atoms with Gasteiger partial charge in [-0.05, 0) is 30.5 Å². The van der Waals surface area contributed by atoms with Crippen molar-refractivity contribution >= 4 is 21.8 Å². The second-order valence-corrected chi connectivity index (χ2v) is 9.22. The lowest BCUT2D eigenvalue weighted by Crippen LogP contribution is -2.49. The minimum absolute atomic E-state index is 0.118. The van der Waals surface area contributed by atoms with Gasteiger partial charge in [0.1, 0.15) is 0 Å². The van der Waals surface area contributed by atoms with Crippen LogP contribution in [-0.4, -0.2) is 44.9 Å². The smallest absolute Gasteiger partial charge is 0.250 e. The van der Waals surface area contributed by atoms with Crippen molar-refractivity contribution in [3.63, 3.8) is 0 Å². The Morgan fingerprint density at radius 3 is 2.29 bits per heavy atom. The van der Waals surface area contributed by atoms with Crippen molar-refractivity contribution in [2.45, 2.75) is 31.5 Å². The lowest BCUT2D eigenvalue weighted by molar-refractivity contribution is 0.0558. The summed E-state index contributed by atoms with van der Waals surface area (Å²) in [5, 5.41) is 13.5. The van der Waals surface area contributed by atoms with Crippen molar-refractivity contribution in [2.24, 2.45) is 5.92 Å². The Kier molecular flexibility index (Phi) is 4.47. The maximum atomic E-state index is 12.3. The molecular weight excluding hydrogens is 386 g/mol. The second kappa shape index (κ2) is 7.36. The first-order valence-electron chi connectivity index (χ1n) is 11.2. The van der Waals surface area contributed by atoms with Crippen LogP contribution >= 0.6 is 0 Å². The van der Waals surface area contributed by atoms with E-state index in [4.69, 9.17) is 0 Å². The molecule has 158 valence electrons. The van der Waals surface area contributed by atoms with Gasteiger partial charge in [0.2, 0.25) is 0 Å². The van der Waals surface area contributed by atoms with E-state index in [1.54, 1.807) is 6.07 Å². The number of β-amino-alcohol motifs (C(OH)–C–C–N with tert-alkyl or cyclic N) is 1. The molecule has 4 heterocycles. The first-order valence-corrected chi connectivity index (χ1v) is 11.2. The number of benzene rings is 2. The van der Waals surface area contributed by atoms with Crippen LogP contribution in [0.15, 0.2) is 71.5 Å². The Labute approximate surface area is 181 Å². The van der Waals surface area contributed by atoms with Crippen LogP contribution in [0.3, 0.4) is 0 Å². The van der Waals surface area contributed by atoms with Crippen molar-refractivity contribution < 1.29 is 5.11 Å². The lowest BCUT2D eigenvalue weighted by atomic mass is 9.83. The summed E-state index contributed by atoms with van der Waals surface area (Å²) in [7, 11) is 0. The number of aromatic nitrogens is 2. The van der Waals surface area contributed by atoms with E-state index >= 15 is 0 Å². The van der Waals surface area contributed by atoms with Crippen LogP contribution in [0.2, 0.25) is 0 Å². The topological polar surface area (TPSA) is 50.4 Å². The highest BCUT2D eigenvalue weighted by molar-refractivity contribution is 6.07. The lowest BCUT2D eigenvalue weighted by Gasteiger charge is -2.43. The Balaban J connectivity index is 1.24. The number of aliphatic hydroxyl groups excluding tert-OH is 1. The molecule has 1 N–H and O–H groups in total. The Morgan fingerprint density at radius 1 is 0.839 bits per heavy atom. The van der Waals surface area contributed by atoms with Gasteiger partial charge < -0.3 is 14.2 Å². The molecule has 2 bridgehead atoms. The van der Waals surface area contributed by atoms with Crippen LogP contribution in [0.4, 0.5) is 0 Å². The van der Waals surface area contributed by atoms with Gasteiger partial charge in [-0.15, -0.1) is 0 Å². The first-order chi connectivity index (χ1) is 15.2. The number of hydrogen-bond acceptors (Lipinski definition) is 3. The van der Waals surface area contributed by atoms with Gasteiger partial charge in [0.05, 0.1) is 12.6 Å². The quantitative estimate of drug-likeness (QED) is 0.558. The van der Waals surface area contributed by atoms with Crippen molar-refractivity contribution in [3.05, 3.63) is 82.8 Å². The zero-order chi connectivity index (χ0) is 20.9. The molecule has 0 amide bonds. The maximum absolute atomic E-state index is 12.3. The van der Waals surface area contributed by atoms with Crippen molar-refractivity contribution in [1.29, 1.82) is 0 Å². The van der Waals surface area contributed by atoms with Crippen LogP contribution in [-0.2, 0) is 13.1 Å². The molecule has 2 aromatic heterocycles. The molecule has 3 atom stereocenters. The maximum Gasteiger partial charge on any atom is 0.250 e. The van der Waals surface area contributed by atoms with Gasteiger partial charge in [0.15, 0.2) is 0 Å². The Morgan fingerprint density at radius 2 is 1.55 bits per heavy atom. The van der Waals surface area contributed by atoms with Crippen LogP contribution in [0.1, 0.15) is 18.0 Å². The summed E-state index contributed by atoms with van der Waals surface area (Å²) in [5.74, 6) is 0.855. The summed E-state index contributed by atoms with van der Waals surface area (Å²) < 4.78 is 4.22. The molecule has 2 aromatic carbocycles. The summed E-state index contributed by atoms with van der Waals surface area (Å²) >= 11 is 0. The van der Waals surface area contributed by atoms with E-state index in [0.29, 0.717) is 24.9 Å². The van der Waals surface area contributed by atoms with E-state index in [1.165, 1.54) is 21.8 Å². The summed E-state index contributed by atoms with van der Waals surface area (Å²) in [6.07, 6.45) is 0.694. The van der Waals surface area contributed by atoms with Gasteiger partial charge in [0.25, 0.3) is 5.56 Å². The molecule has 1 fully saturated rings. The molecule has 0 radical (unpaired) electrons. The average molecular weight is 414 g/mol. The zero-order valence-electron chi connectivity index (χ0n) is 17.5. The summed E-state index contributed by atoms with van der Waals surface area (Å²) in [5.41, 5.74) is 3.62. The monoisotopic (exact) mass is 413 g/mol. The standard InChI is InChI=1S/C26H27N3O2/c30-20(17-28-24-8-3-1-6-21(24)22-7-2-4-9-25(22)28)16-27-13-18-12-19(15-27)23-10-5-11-26(31)29(23)14-18/h1-11,18-20,30H,12-17H2/t18-,19+,20?/m0/s1. The number of para-hydroxylation sites is 2. The number of nitrogens with zero attached hydrogens (tertiary/aromatic N) is 3.